The normalized spacial score (nSPS) is 18.4. The molecule has 3 heterocycles. The van der Waals surface area contributed by atoms with E-state index in [9.17, 15) is 8.42 Å². The minimum atomic E-state index is -2.99. The van der Waals surface area contributed by atoms with Crippen LogP contribution in [0.15, 0.2) is 42.6 Å². The number of aromatic nitrogens is 3. The molecular formula is C26H30N4O2S. The molecule has 0 atom stereocenters. The van der Waals surface area contributed by atoms with Crippen molar-refractivity contribution in [1.82, 2.24) is 14.6 Å². The number of anilines is 1. The van der Waals surface area contributed by atoms with Gasteiger partial charge < -0.3 is 4.90 Å². The summed E-state index contributed by atoms with van der Waals surface area (Å²) in [6, 6.07) is 8.54. The number of fused-ring (bicyclic) bond motifs is 2. The molecule has 1 aliphatic carbocycles. The van der Waals surface area contributed by atoms with Gasteiger partial charge in [0.15, 0.2) is 15.5 Å². The van der Waals surface area contributed by atoms with E-state index in [2.05, 4.69) is 61.2 Å². The van der Waals surface area contributed by atoms with Crippen molar-refractivity contribution in [2.24, 2.45) is 0 Å². The molecule has 6 nitrogen and oxygen atoms in total. The second-order valence-electron chi connectivity index (χ2n) is 8.89. The van der Waals surface area contributed by atoms with Gasteiger partial charge in [-0.15, -0.1) is 0 Å². The van der Waals surface area contributed by atoms with E-state index in [4.69, 9.17) is 10.1 Å². The summed E-state index contributed by atoms with van der Waals surface area (Å²) < 4.78 is 26.3. The van der Waals surface area contributed by atoms with Crippen LogP contribution in [0.25, 0.3) is 17.3 Å². The van der Waals surface area contributed by atoms with Crippen LogP contribution >= 0.6 is 0 Å². The Hall–Kier alpha value is -2.93. The maximum atomic E-state index is 12.2. The van der Waals surface area contributed by atoms with E-state index < -0.39 is 9.84 Å². The Morgan fingerprint density at radius 3 is 2.82 bits per heavy atom. The summed E-state index contributed by atoms with van der Waals surface area (Å²) in [5.74, 6) is 1.31. The van der Waals surface area contributed by atoms with Gasteiger partial charge in [0.2, 0.25) is 0 Å². The average molecular weight is 463 g/mol. The molecule has 0 amide bonds. The van der Waals surface area contributed by atoms with Gasteiger partial charge in [-0.3, -0.25) is 0 Å². The van der Waals surface area contributed by atoms with Crippen LogP contribution in [0.4, 0.5) is 5.82 Å². The van der Waals surface area contributed by atoms with Crippen LogP contribution in [0.1, 0.15) is 47.7 Å². The lowest BCUT2D eigenvalue weighted by Gasteiger charge is -2.24. The predicted molar refractivity (Wildman–Crippen MR) is 134 cm³/mol. The van der Waals surface area contributed by atoms with Gasteiger partial charge in [-0.05, 0) is 55.4 Å². The molecule has 0 spiro atoms. The maximum Gasteiger partial charge on any atom is 0.165 e. The first kappa shape index (κ1) is 21.9. The molecule has 172 valence electrons. The lowest BCUT2D eigenvalue weighted by atomic mass is 9.95. The molecule has 0 N–H and O–H groups in total. The molecule has 33 heavy (non-hydrogen) atoms. The Morgan fingerprint density at radius 1 is 1.12 bits per heavy atom. The highest BCUT2D eigenvalue weighted by Gasteiger charge is 2.24. The lowest BCUT2D eigenvalue weighted by molar-refractivity contribution is 0.597. The number of aryl methyl sites for hydroxylation is 2. The zero-order valence-electron chi connectivity index (χ0n) is 19.3. The first-order chi connectivity index (χ1) is 16.0. The highest BCUT2D eigenvalue weighted by atomic mass is 32.2. The van der Waals surface area contributed by atoms with E-state index in [1.165, 1.54) is 11.1 Å². The number of sulfone groups is 1. The first-order valence-electron chi connectivity index (χ1n) is 11.8. The largest absolute Gasteiger partial charge is 0.355 e. The summed E-state index contributed by atoms with van der Waals surface area (Å²) in [5.41, 5.74) is 7.70. The summed E-state index contributed by atoms with van der Waals surface area (Å²) in [4.78, 5) is 7.24. The van der Waals surface area contributed by atoms with Crippen LogP contribution in [-0.4, -0.2) is 47.6 Å². The van der Waals surface area contributed by atoms with Gasteiger partial charge >= 0.3 is 0 Å². The van der Waals surface area contributed by atoms with Crippen LogP contribution in [0.5, 0.6) is 0 Å². The van der Waals surface area contributed by atoms with Crippen molar-refractivity contribution >= 4 is 33.0 Å². The second-order valence-corrected chi connectivity index (χ2v) is 11.2. The molecule has 0 bridgehead atoms. The minimum absolute atomic E-state index is 0.178. The molecule has 0 radical (unpaired) electrons. The van der Waals surface area contributed by atoms with Crippen LogP contribution in [0.3, 0.4) is 0 Å². The average Bonchev–Trinajstić information content (AvgIpc) is 3.10. The van der Waals surface area contributed by atoms with Gasteiger partial charge in [-0.1, -0.05) is 43.3 Å². The topological polar surface area (TPSA) is 67.6 Å². The standard InChI is InChI=1S/C26H30N4O2S/c1-3-24-19(2)25(29-13-8-15-33(31,32)16-14-29)28-26-23(18-27-30(24)26)22-12-7-5-10-20-9-4-6-11-21(20)17-22/h4,6-7,9,11-12,17-18H,3,5,8,10,13-16H2,1-2H3. The monoisotopic (exact) mass is 462 g/mol. The quantitative estimate of drug-likeness (QED) is 0.582. The zero-order chi connectivity index (χ0) is 23.0. The molecule has 1 saturated heterocycles. The fourth-order valence-corrected chi connectivity index (χ4v) is 6.20. The number of allylic oxidation sites excluding steroid dienone is 3. The van der Waals surface area contributed by atoms with Crippen LogP contribution < -0.4 is 4.90 Å². The summed E-state index contributed by atoms with van der Waals surface area (Å²) in [5, 5.41) is 4.73. The summed E-state index contributed by atoms with van der Waals surface area (Å²) in [7, 11) is -2.99. The third-order valence-corrected chi connectivity index (χ3v) is 8.44. The minimum Gasteiger partial charge on any atom is -0.355 e. The van der Waals surface area contributed by atoms with E-state index in [0.717, 1.165) is 53.1 Å². The van der Waals surface area contributed by atoms with Crippen molar-refractivity contribution in [3.05, 3.63) is 70.6 Å². The third-order valence-electron chi connectivity index (χ3n) is 6.72. The van der Waals surface area contributed by atoms with Gasteiger partial charge in [-0.25, -0.2) is 17.9 Å². The van der Waals surface area contributed by atoms with E-state index in [0.29, 0.717) is 19.5 Å². The molecular weight excluding hydrogens is 432 g/mol. The van der Waals surface area contributed by atoms with Gasteiger partial charge in [-0.2, -0.15) is 5.10 Å². The van der Waals surface area contributed by atoms with E-state index in [1.54, 1.807) is 0 Å². The Kier molecular flexibility index (Phi) is 5.83. The number of benzene rings is 1. The first-order valence-corrected chi connectivity index (χ1v) is 13.6. The summed E-state index contributed by atoms with van der Waals surface area (Å²) in [6.07, 6.45) is 12.0. The molecule has 7 heteroatoms. The lowest BCUT2D eigenvalue weighted by Crippen LogP contribution is -2.29. The van der Waals surface area contributed by atoms with Crippen molar-refractivity contribution in [3.63, 3.8) is 0 Å². The van der Waals surface area contributed by atoms with Gasteiger partial charge in [0, 0.05) is 24.2 Å². The summed E-state index contributed by atoms with van der Waals surface area (Å²) in [6.45, 7) is 5.39. The maximum absolute atomic E-state index is 12.2. The summed E-state index contributed by atoms with van der Waals surface area (Å²) >= 11 is 0. The third kappa shape index (κ3) is 4.22. The number of rotatable bonds is 3. The second kappa shape index (κ2) is 8.78. The van der Waals surface area contributed by atoms with E-state index in [-0.39, 0.29) is 11.5 Å². The molecule has 1 aliphatic heterocycles. The molecule has 1 fully saturated rings. The Labute approximate surface area is 195 Å². The van der Waals surface area contributed by atoms with Crippen molar-refractivity contribution in [2.75, 3.05) is 29.5 Å². The zero-order valence-corrected chi connectivity index (χ0v) is 20.1. The van der Waals surface area contributed by atoms with Crippen molar-refractivity contribution in [3.8, 4) is 0 Å². The number of hydrogen-bond donors (Lipinski definition) is 0. The highest BCUT2D eigenvalue weighted by molar-refractivity contribution is 7.91. The van der Waals surface area contributed by atoms with Gasteiger partial charge in [0.1, 0.15) is 5.82 Å². The van der Waals surface area contributed by atoms with E-state index >= 15 is 0 Å². The van der Waals surface area contributed by atoms with Crippen LogP contribution in [-0.2, 0) is 22.7 Å². The van der Waals surface area contributed by atoms with Crippen LogP contribution in [0.2, 0.25) is 0 Å². The van der Waals surface area contributed by atoms with Gasteiger partial charge in [0.25, 0.3) is 0 Å². The van der Waals surface area contributed by atoms with Crippen molar-refractivity contribution < 1.29 is 8.42 Å². The Balaban J connectivity index is 1.66. The number of nitrogens with zero attached hydrogens (tertiary/aromatic N) is 4. The van der Waals surface area contributed by atoms with Crippen molar-refractivity contribution in [2.45, 2.75) is 39.5 Å². The highest BCUT2D eigenvalue weighted by Crippen LogP contribution is 2.31. The smallest absolute Gasteiger partial charge is 0.165 e. The molecule has 2 aromatic heterocycles. The fourth-order valence-electron chi connectivity index (χ4n) is 4.93. The molecule has 0 saturated carbocycles. The SMILES string of the molecule is CCc1c(C)c(N2CCCS(=O)(=O)CC2)nc2c(C3=Cc4ccccc4CCC=C3)cnn12. The van der Waals surface area contributed by atoms with Crippen molar-refractivity contribution in [1.29, 1.82) is 0 Å². The molecule has 5 rings (SSSR count). The Bertz CT molecular complexity index is 1370. The molecule has 3 aromatic rings. The van der Waals surface area contributed by atoms with E-state index in [1.807, 2.05) is 10.7 Å². The Morgan fingerprint density at radius 2 is 1.97 bits per heavy atom. The molecule has 2 aliphatic rings. The van der Waals surface area contributed by atoms with Crippen LogP contribution in [0, 0.1) is 6.92 Å². The molecule has 1 aromatic carbocycles. The molecule has 0 unspecified atom stereocenters. The fraction of sp³-hybridized carbons (Fsp3) is 0.385. The van der Waals surface area contributed by atoms with Gasteiger partial charge in [0.05, 0.1) is 23.4 Å². The predicted octanol–water partition coefficient (Wildman–Crippen LogP) is 4.27. The number of hydrogen-bond acceptors (Lipinski definition) is 5.